The predicted octanol–water partition coefficient (Wildman–Crippen LogP) is 3.45. The molecule has 1 aliphatic rings. The maximum Gasteiger partial charge on any atom is 0.270 e. The summed E-state index contributed by atoms with van der Waals surface area (Å²) in [6.45, 7) is 3.96. The summed E-state index contributed by atoms with van der Waals surface area (Å²) >= 11 is 6.74. The fraction of sp³-hybridized carbons (Fsp3) is 0.167. The summed E-state index contributed by atoms with van der Waals surface area (Å²) in [5.41, 5.74) is 2.83. The molecule has 122 valence electrons. The van der Waals surface area contributed by atoms with Gasteiger partial charge in [-0.15, -0.1) is 11.3 Å². The average molecular weight is 356 g/mol. The second-order valence-corrected chi connectivity index (χ2v) is 6.74. The van der Waals surface area contributed by atoms with Crippen LogP contribution in [-0.4, -0.2) is 16.9 Å². The first-order valence-corrected chi connectivity index (χ1v) is 8.85. The van der Waals surface area contributed by atoms with Crippen LogP contribution in [0, 0.1) is 6.92 Å². The number of carbonyl (C=O) groups is 2. The molecule has 0 aliphatic carbocycles. The van der Waals surface area contributed by atoms with Gasteiger partial charge in [-0.1, -0.05) is 25.1 Å². The number of rotatable bonds is 3. The number of nitrogens with one attached hydrogen (secondary N) is 1. The molecule has 0 radical (unpaired) electrons. The highest BCUT2D eigenvalue weighted by molar-refractivity contribution is 7.80. The van der Waals surface area contributed by atoms with Crippen molar-refractivity contribution in [2.45, 2.75) is 20.3 Å². The van der Waals surface area contributed by atoms with Crippen molar-refractivity contribution in [3.63, 3.8) is 0 Å². The molecule has 1 aliphatic heterocycles. The summed E-state index contributed by atoms with van der Waals surface area (Å²) in [4.78, 5) is 27.5. The maximum absolute atomic E-state index is 13.0. The van der Waals surface area contributed by atoms with Crippen LogP contribution in [0.3, 0.4) is 0 Å². The summed E-state index contributed by atoms with van der Waals surface area (Å²) in [6.07, 6.45) is 2.40. The summed E-state index contributed by atoms with van der Waals surface area (Å²) < 4.78 is 0. The zero-order valence-corrected chi connectivity index (χ0v) is 15.0. The van der Waals surface area contributed by atoms with Crippen molar-refractivity contribution in [2.75, 3.05) is 4.90 Å². The molecule has 3 rings (SSSR count). The third-order valence-corrected chi connectivity index (χ3v) is 5.14. The summed E-state index contributed by atoms with van der Waals surface area (Å²) in [6, 6.07) is 9.53. The highest BCUT2D eigenvalue weighted by Gasteiger charge is 2.35. The van der Waals surface area contributed by atoms with E-state index in [-0.39, 0.29) is 10.7 Å². The normalized spacial score (nSPS) is 16.7. The van der Waals surface area contributed by atoms with E-state index in [0.29, 0.717) is 5.69 Å². The Bertz CT molecular complexity index is 867. The van der Waals surface area contributed by atoms with E-state index in [9.17, 15) is 9.59 Å². The number of benzene rings is 1. The van der Waals surface area contributed by atoms with Gasteiger partial charge in [0.25, 0.3) is 11.8 Å². The summed E-state index contributed by atoms with van der Waals surface area (Å²) in [7, 11) is 0. The zero-order valence-electron chi connectivity index (χ0n) is 13.3. The molecule has 0 atom stereocenters. The monoisotopic (exact) mass is 356 g/mol. The van der Waals surface area contributed by atoms with E-state index in [4.69, 9.17) is 12.2 Å². The first kappa shape index (κ1) is 16.5. The smallest absolute Gasteiger partial charge is 0.270 e. The number of thiophene rings is 1. The molecular weight excluding hydrogens is 340 g/mol. The molecule has 1 aromatic carbocycles. The molecule has 1 aromatic heterocycles. The van der Waals surface area contributed by atoms with Crippen LogP contribution in [0.4, 0.5) is 5.69 Å². The Morgan fingerprint density at radius 2 is 2.00 bits per heavy atom. The van der Waals surface area contributed by atoms with Gasteiger partial charge in [0.05, 0.1) is 5.69 Å². The highest BCUT2D eigenvalue weighted by atomic mass is 32.1. The third kappa shape index (κ3) is 2.90. The van der Waals surface area contributed by atoms with Gasteiger partial charge in [0.1, 0.15) is 5.57 Å². The van der Waals surface area contributed by atoms with Crippen molar-refractivity contribution >= 4 is 52.2 Å². The van der Waals surface area contributed by atoms with Gasteiger partial charge in [0.15, 0.2) is 5.11 Å². The molecule has 1 N–H and O–H groups in total. The van der Waals surface area contributed by atoms with Crippen LogP contribution in [0.15, 0.2) is 41.3 Å². The lowest BCUT2D eigenvalue weighted by molar-refractivity contribution is -0.122. The predicted molar refractivity (Wildman–Crippen MR) is 101 cm³/mol. The molecule has 0 spiro atoms. The first-order chi connectivity index (χ1) is 11.5. The van der Waals surface area contributed by atoms with Gasteiger partial charge in [-0.2, -0.15) is 0 Å². The van der Waals surface area contributed by atoms with E-state index in [1.54, 1.807) is 6.08 Å². The van der Waals surface area contributed by atoms with Crippen molar-refractivity contribution < 1.29 is 9.59 Å². The molecule has 4 nitrogen and oxygen atoms in total. The average Bonchev–Trinajstić information content (AvgIpc) is 2.96. The Labute approximate surface area is 149 Å². The standard InChI is InChI=1S/C18H16N2O2S2/c1-3-12-6-4-5-7-14(12)20-17(22)13(16(21)19-18(20)23)10-15-11(2)8-9-24-15/h4-10H,3H2,1-2H3,(H,19,21,23)/b13-10+. The number of carbonyl (C=O) groups excluding carboxylic acids is 2. The number of anilines is 1. The molecule has 0 saturated carbocycles. The molecule has 6 heteroatoms. The lowest BCUT2D eigenvalue weighted by atomic mass is 10.1. The topological polar surface area (TPSA) is 49.4 Å². The molecule has 2 amide bonds. The Morgan fingerprint density at radius 3 is 2.67 bits per heavy atom. The molecule has 1 fully saturated rings. The van der Waals surface area contributed by atoms with E-state index in [1.165, 1.54) is 16.2 Å². The summed E-state index contributed by atoms with van der Waals surface area (Å²) in [5, 5.41) is 4.67. The Kier molecular flexibility index (Phi) is 4.59. The molecule has 0 bridgehead atoms. The number of para-hydroxylation sites is 1. The number of hydrogen-bond donors (Lipinski definition) is 1. The van der Waals surface area contributed by atoms with E-state index in [1.807, 2.05) is 49.6 Å². The van der Waals surface area contributed by atoms with E-state index in [2.05, 4.69) is 5.32 Å². The largest absolute Gasteiger partial charge is 0.298 e. The van der Waals surface area contributed by atoms with Crippen molar-refractivity contribution in [1.29, 1.82) is 0 Å². The highest BCUT2D eigenvalue weighted by Crippen LogP contribution is 2.27. The second-order valence-electron chi connectivity index (χ2n) is 5.41. The number of nitrogens with zero attached hydrogens (tertiary/aromatic N) is 1. The summed E-state index contributed by atoms with van der Waals surface area (Å²) in [5.74, 6) is -0.847. The molecule has 24 heavy (non-hydrogen) atoms. The van der Waals surface area contributed by atoms with E-state index in [0.717, 1.165) is 22.4 Å². The van der Waals surface area contributed by atoms with Crippen molar-refractivity contribution in [1.82, 2.24) is 5.32 Å². The van der Waals surface area contributed by atoms with Gasteiger partial charge in [-0.25, -0.2) is 0 Å². The quantitative estimate of drug-likeness (QED) is 0.521. The first-order valence-electron chi connectivity index (χ1n) is 7.56. The van der Waals surface area contributed by atoms with Crippen LogP contribution in [-0.2, 0) is 16.0 Å². The van der Waals surface area contributed by atoms with Gasteiger partial charge in [-0.3, -0.25) is 19.8 Å². The lowest BCUT2D eigenvalue weighted by Gasteiger charge is -2.30. The van der Waals surface area contributed by atoms with Crippen LogP contribution in [0.2, 0.25) is 0 Å². The van der Waals surface area contributed by atoms with Gasteiger partial charge in [0, 0.05) is 4.88 Å². The van der Waals surface area contributed by atoms with E-state index < -0.39 is 11.8 Å². The van der Waals surface area contributed by atoms with Gasteiger partial charge >= 0.3 is 0 Å². The number of hydrogen-bond acceptors (Lipinski definition) is 4. The fourth-order valence-electron chi connectivity index (χ4n) is 2.57. The van der Waals surface area contributed by atoms with Gasteiger partial charge in [-0.05, 0) is 60.3 Å². The van der Waals surface area contributed by atoms with E-state index >= 15 is 0 Å². The maximum atomic E-state index is 13.0. The van der Waals surface area contributed by atoms with Crippen LogP contribution in [0.5, 0.6) is 0 Å². The third-order valence-electron chi connectivity index (χ3n) is 3.89. The Morgan fingerprint density at radius 1 is 1.25 bits per heavy atom. The molecule has 1 saturated heterocycles. The van der Waals surface area contributed by atoms with Crippen molar-refractivity contribution in [3.8, 4) is 0 Å². The molecular formula is C18H16N2O2S2. The Hall–Kier alpha value is -2.31. The minimum Gasteiger partial charge on any atom is -0.298 e. The minimum atomic E-state index is -0.456. The number of amides is 2. The SMILES string of the molecule is CCc1ccccc1N1C(=O)/C(=C/c2sccc2C)C(=O)NC1=S. The van der Waals surface area contributed by atoms with Gasteiger partial charge < -0.3 is 0 Å². The van der Waals surface area contributed by atoms with Crippen LogP contribution in [0.25, 0.3) is 6.08 Å². The lowest BCUT2D eigenvalue weighted by Crippen LogP contribution is -2.54. The van der Waals surface area contributed by atoms with Crippen molar-refractivity contribution in [2.24, 2.45) is 0 Å². The van der Waals surface area contributed by atoms with Crippen LogP contribution < -0.4 is 10.2 Å². The number of thiocarbonyl (C=S) groups is 1. The molecule has 0 unspecified atom stereocenters. The molecule has 2 aromatic rings. The Balaban J connectivity index is 2.07. The van der Waals surface area contributed by atoms with Crippen molar-refractivity contribution in [3.05, 3.63) is 57.3 Å². The molecule has 2 heterocycles. The zero-order chi connectivity index (χ0) is 17.3. The van der Waals surface area contributed by atoms with Gasteiger partial charge in [0.2, 0.25) is 0 Å². The fourth-order valence-corrected chi connectivity index (χ4v) is 3.70. The second kappa shape index (κ2) is 6.67. The minimum absolute atomic E-state index is 0.0973. The number of aryl methyl sites for hydroxylation is 2. The van der Waals surface area contributed by atoms with Crippen LogP contribution in [0.1, 0.15) is 22.9 Å². The van der Waals surface area contributed by atoms with Crippen LogP contribution >= 0.6 is 23.6 Å².